The minimum absolute atomic E-state index is 0.682. The van der Waals surface area contributed by atoms with Gasteiger partial charge in [0.15, 0.2) is 0 Å². The molecule has 5 heteroatoms. The van der Waals surface area contributed by atoms with Gasteiger partial charge in [0.05, 0.1) is 17.1 Å². The first-order chi connectivity index (χ1) is 11.1. The van der Waals surface area contributed by atoms with Crippen molar-refractivity contribution in [2.75, 3.05) is 5.32 Å². The van der Waals surface area contributed by atoms with Crippen LogP contribution >= 0.6 is 0 Å². The molecule has 0 aliphatic carbocycles. The number of hydrogen-bond donors (Lipinski definition) is 1. The molecule has 0 atom stereocenters. The number of para-hydroxylation sites is 1. The first kappa shape index (κ1) is 15.2. The van der Waals surface area contributed by atoms with E-state index in [0.29, 0.717) is 6.54 Å². The fourth-order valence-electron chi connectivity index (χ4n) is 2.56. The second-order valence-electron chi connectivity index (χ2n) is 5.75. The Hall–Kier alpha value is -2.69. The van der Waals surface area contributed by atoms with Gasteiger partial charge in [-0.2, -0.15) is 10.2 Å². The van der Waals surface area contributed by atoms with Gasteiger partial charge in [-0.15, -0.1) is 5.10 Å². The number of aryl methyl sites for hydroxylation is 3. The molecule has 2 heterocycles. The van der Waals surface area contributed by atoms with Gasteiger partial charge in [0.1, 0.15) is 5.82 Å². The second-order valence-corrected chi connectivity index (χ2v) is 5.75. The zero-order valence-electron chi connectivity index (χ0n) is 14.0. The van der Waals surface area contributed by atoms with Gasteiger partial charge < -0.3 is 5.32 Å². The molecule has 0 spiro atoms. The van der Waals surface area contributed by atoms with Gasteiger partial charge in [-0.1, -0.05) is 18.2 Å². The van der Waals surface area contributed by atoms with Gasteiger partial charge in [-0.25, -0.2) is 4.68 Å². The van der Waals surface area contributed by atoms with E-state index in [1.165, 1.54) is 5.56 Å². The highest BCUT2D eigenvalue weighted by Gasteiger charge is 2.12. The van der Waals surface area contributed by atoms with E-state index in [9.17, 15) is 0 Å². The fraction of sp³-hybridized carbons (Fsp3) is 0.278. The number of hydrogen-bond acceptors (Lipinski definition) is 4. The molecule has 3 aromatic rings. The maximum atomic E-state index is 4.67. The zero-order valence-corrected chi connectivity index (χ0v) is 14.0. The van der Waals surface area contributed by atoms with Crippen molar-refractivity contribution < 1.29 is 0 Å². The third kappa shape index (κ3) is 3.08. The molecular formula is C18H21N5. The van der Waals surface area contributed by atoms with Gasteiger partial charge in [0.2, 0.25) is 0 Å². The zero-order chi connectivity index (χ0) is 16.4. The molecule has 5 nitrogen and oxygen atoms in total. The van der Waals surface area contributed by atoms with Crippen molar-refractivity contribution in [3.63, 3.8) is 0 Å². The van der Waals surface area contributed by atoms with Crippen molar-refractivity contribution >= 4 is 5.82 Å². The number of rotatable bonds is 4. The molecule has 2 aromatic heterocycles. The Morgan fingerprint density at radius 2 is 1.70 bits per heavy atom. The van der Waals surface area contributed by atoms with Gasteiger partial charge in [-0.3, -0.25) is 0 Å². The predicted molar refractivity (Wildman–Crippen MR) is 91.9 cm³/mol. The van der Waals surface area contributed by atoms with Crippen molar-refractivity contribution in [2.45, 2.75) is 34.2 Å². The molecule has 1 aromatic carbocycles. The number of anilines is 1. The lowest BCUT2D eigenvalue weighted by Gasteiger charge is -2.08. The highest BCUT2D eigenvalue weighted by atomic mass is 15.3. The van der Waals surface area contributed by atoms with E-state index in [0.717, 1.165) is 34.2 Å². The SMILES string of the molecule is Cc1cc(NCc2c(C)nn(-c3ccccc3)c2C)nnc1C. The third-order valence-electron chi connectivity index (χ3n) is 4.12. The van der Waals surface area contributed by atoms with Gasteiger partial charge in [0.25, 0.3) is 0 Å². The van der Waals surface area contributed by atoms with Crippen LogP contribution in [0.3, 0.4) is 0 Å². The number of benzene rings is 1. The summed E-state index contributed by atoms with van der Waals surface area (Å²) in [5.74, 6) is 0.791. The first-order valence-electron chi connectivity index (χ1n) is 7.71. The third-order valence-corrected chi connectivity index (χ3v) is 4.12. The quantitative estimate of drug-likeness (QED) is 0.801. The summed E-state index contributed by atoms with van der Waals surface area (Å²) in [6, 6.07) is 12.2. The Morgan fingerprint density at radius 1 is 0.957 bits per heavy atom. The van der Waals surface area contributed by atoms with E-state index in [1.54, 1.807) is 0 Å². The lowest BCUT2D eigenvalue weighted by Crippen LogP contribution is -2.06. The Morgan fingerprint density at radius 3 is 2.39 bits per heavy atom. The van der Waals surface area contributed by atoms with Crippen molar-refractivity contribution in [3.05, 3.63) is 64.6 Å². The summed E-state index contributed by atoms with van der Waals surface area (Å²) < 4.78 is 1.98. The lowest BCUT2D eigenvalue weighted by molar-refractivity contribution is 0.832. The molecule has 0 aliphatic rings. The molecule has 3 rings (SSSR count). The summed E-state index contributed by atoms with van der Waals surface area (Å²) >= 11 is 0. The van der Waals surface area contributed by atoms with E-state index in [1.807, 2.05) is 49.7 Å². The van der Waals surface area contributed by atoms with Crippen molar-refractivity contribution in [3.8, 4) is 5.69 Å². The second kappa shape index (κ2) is 6.20. The van der Waals surface area contributed by atoms with Crippen molar-refractivity contribution in [2.24, 2.45) is 0 Å². The number of aromatic nitrogens is 4. The molecular weight excluding hydrogens is 286 g/mol. The monoisotopic (exact) mass is 307 g/mol. The summed E-state index contributed by atoms with van der Waals surface area (Å²) in [4.78, 5) is 0. The smallest absolute Gasteiger partial charge is 0.149 e. The molecule has 23 heavy (non-hydrogen) atoms. The maximum Gasteiger partial charge on any atom is 0.149 e. The van der Waals surface area contributed by atoms with Gasteiger partial charge >= 0.3 is 0 Å². The van der Waals surface area contributed by atoms with Crippen LogP contribution in [0.5, 0.6) is 0 Å². The molecule has 0 saturated carbocycles. The van der Waals surface area contributed by atoms with E-state index < -0.39 is 0 Å². The highest BCUT2D eigenvalue weighted by Crippen LogP contribution is 2.19. The molecule has 0 amide bonds. The molecule has 0 saturated heterocycles. The molecule has 1 N–H and O–H groups in total. The minimum atomic E-state index is 0.682. The average molecular weight is 307 g/mol. The van der Waals surface area contributed by atoms with Gasteiger partial charge in [-0.05, 0) is 51.5 Å². The number of nitrogens with one attached hydrogen (secondary N) is 1. The maximum absolute atomic E-state index is 4.67. The molecule has 0 bridgehead atoms. The molecule has 118 valence electrons. The summed E-state index contributed by atoms with van der Waals surface area (Å²) in [6.07, 6.45) is 0. The lowest BCUT2D eigenvalue weighted by atomic mass is 10.2. The van der Waals surface area contributed by atoms with Crippen LogP contribution in [0.25, 0.3) is 5.69 Å². The number of nitrogens with zero attached hydrogens (tertiary/aromatic N) is 4. The topological polar surface area (TPSA) is 55.6 Å². The summed E-state index contributed by atoms with van der Waals surface area (Å²) in [6.45, 7) is 8.82. The largest absolute Gasteiger partial charge is 0.364 e. The van der Waals surface area contributed by atoms with Crippen LogP contribution < -0.4 is 5.32 Å². The summed E-state index contributed by atoms with van der Waals surface area (Å²) in [7, 11) is 0. The van der Waals surface area contributed by atoms with Crippen LogP contribution in [0.4, 0.5) is 5.82 Å². The average Bonchev–Trinajstić information content (AvgIpc) is 2.84. The standard InChI is InChI=1S/C18H21N5/c1-12-10-18(21-20-13(12)2)19-11-17-14(3)22-23(15(17)4)16-8-6-5-7-9-16/h5-10H,11H2,1-4H3,(H,19,21). The van der Waals surface area contributed by atoms with Crippen LogP contribution in [0, 0.1) is 27.7 Å². The Balaban J connectivity index is 1.83. The van der Waals surface area contributed by atoms with Crippen LogP contribution in [0.1, 0.15) is 28.2 Å². The minimum Gasteiger partial charge on any atom is -0.364 e. The Kier molecular flexibility index (Phi) is 4.10. The van der Waals surface area contributed by atoms with Crippen LogP contribution in [-0.4, -0.2) is 20.0 Å². The van der Waals surface area contributed by atoms with E-state index in [-0.39, 0.29) is 0 Å². The molecule has 0 fully saturated rings. The molecule has 0 aliphatic heterocycles. The first-order valence-corrected chi connectivity index (χ1v) is 7.71. The van der Waals surface area contributed by atoms with Crippen molar-refractivity contribution in [1.29, 1.82) is 0 Å². The normalized spacial score (nSPS) is 10.8. The van der Waals surface area contributed by atoms with E-state index in [4.69, 9.17) is 0 Å². The predicted octanol–water partition coefficient (Wildman–Crippen LogP) is 3.51. The molecule has 0 unspecified atom stereocenters. The summed E-state index contributed by atoms with van der Waals surface area (Å²) in [5.41, 5.74) is 6.52. The summed E-state index contributed by atoms with van der Waals surface area (Å²) in [5, 5.41) is 16.4. The van der Waals surface area contributed by atoms with Crippen LogP contribution in [0.15, 0.2) is 36.4 Å². The Labute approximate surface area is 136 Å². The Bertz CT molecular complexity index is 821. The molecule has 0 radical (unpaired) electrons. The van der Waals surface area contributed by atoms with Crippen molar-refractivity contribution in [1.82, 2.24) is 20.0 Å². The van der Waals surface area contributed by atoms with E-state index in [2.05, 4.69) is 39.7 Å². The highest BCUT2D eigenvalue weighted by molar-refractivity contribution is 5.41. The van der Waals surface area contributed by atoms with Gasteiger partial charge in [0, 0.05) is 17.8 Å². The van der Waals surface area contributed by atoms with E-state index >= 15 is 0 Å². The van der Waals surface area contributed by atoms with Crippen LogP contribution in [-0.2, 0) is 6.54 Å². The van der Waals surface area contributed by atoms with Crippen LogP contribution in [0.2, 0.25) is 0 Å². The fourth-order valence-corrected chi connectivity index (χ4v) is 2.56.